The highest BCUT2D eigenvalue weighted by atomic mass is 79.9. The van der Waals surface area contributed by atoms with Gasteiger partial charge in [-0.05, 0) is 46.6 Å². The minimum absolute atomic E-state index is 0.564. The van der Waals surface area contributed by atoms with E-state index in [2.05, 4.69) is 36.5 Å². The highest BCUT2D eigenvalue weighted by Crippen LogP contribution is 2.30. The Labute approximate surface area is 119 Å². The van der Waals surface area contributed by atoms with Crippen molar-refractivity contribution in [2.75, 3.05) is 17.7 Å². The second-order valence-corrected chi connectivity index (χ2v) is 4.98. The van der Waals surface area contributed by atoms with E-state index in [9.17, 15) is 0 Å². The Balaban J connectivity index is 2.30. The van der Waals surface area contributed by atoms with E-state index in [4.69, 9.17) is 11.6 Å². The molecule has 0 atom stereocenters. The van der Waals surface area contributed by atoms with Crippen LogP contribution in [-0.4, -0.2) is 17.0 Å². The fraction of sp³-hybridized carbons (Fsp3) is 0.167. The summed E-state index contributed by atoms with van der Waals surface area (Å²) >= 11 is 9.60. The van der Waals surface area contributed by atoms with Gasteiger partial charge in [0.15, 0.2) is 0 Å². The van der Waals surface area contributed by atoms with Gasteiger partial charge in [0.2, 0.25) is 5.95 Å². The molecule has 0 saturated carbocycles. The molecule has 1 heterocycles. The Morgan fingerprint density at radius 3 is 2.83 bits per heavy atom. The first kappa shape index (κ1) is 13.1. The zero-order valence-corrected chi connectivity index (χ0v) is 12.3. The number of benzene rings is 1. The number of rotatable bonds is 3. The van der Waals surface area contributed by atoms with Gasteiger partial charge < -0.3 is 10.6 Å². The number of hydrogen-bond acceptors (Lipinski definition) is 4. The SMILES string of the molecule is CNc1nccc(Nc2cc(Cl)c(C)cc2Br)n1. The van der Waals surface area contributed by atoms with E-state index in [1.165, 1.54) is 0 Å². The molecular formula is C12H12BrClN4. The first-order chi connectivity index (χ1) is 8.60. The van der Waals surface area contributed by atoms with Gasteiger partial charge in [0.1, 0.15) is 5.82 Å². The Hall–Kier alpha value is -1.33. The van der Waals surface area contributed by atoms with Crippen molar-refractivity contribution < 1.29 is 0 Å². The molecule has 1 aromatic heterocycles. The van der Waals surface area contributed by atoms with E-state index in [-0.39, 0.29) is 0 Å². The van der Waals surface area contributed by atoms with Gasteiger partial charge in [0.25, 0.3) is 0 Å². The lowest BCUT2D eigenvalue weighted by atomic mass is 10.2. The zero-order chi connectivity index (χ0) is 13.1. The van der Waals surface area contributed by atoms with Crippen LogP contribution in [0.5, 0.6) is 0 Å². The van der Waals surface area contributed by atoms with E-state index in [0.29, 0.717) is 16.8 Å². The molecule has 94 valence electrons. The predicted octanol–water partition coefficient (Wildman–Crippen LogP) is 3.99. The lowest BCUT2D eigenvalue weighted by molar-refractivity contribution is 1.15. The van der Waals surface area contributed by atoms with Crippen LogP contribution in [-0.2, 0) is 0 Å². The Morgan fingerprint density at radius 1 is 1.33 bits per heavy atom. The molecule has 0 bridgehead atoms. The average Bonchev–Trinajstić information content (AvgIpc) is 2.36. The number of nitrogens with one attached hydrogen (secondary N) is 2. The predicted molar refractivity (Wildman–Crippen MR) is 78.8 cm³/mol. The van der Waals surface area contributed by atoms with E-state index in [0.717, 1.165) is 15.7 Å². The molecule has 0 spiro atoms. The highest BCUT2D eigenvalue weighted by Gasteiger charge is 2.05. The summed E-state index contributed by atoms with van der Waals surface area (Å²) < 4.78 is 0.939. The third-order valence-electron chi connectivity index (χ3n) is 2.39. The average molecular weight is 328 g/mol. The highest BCUT2D eigenvalue weighted by molar-refractivity contribution is 9.10. The monoisotopic (exact) mass is 326 g/mol. The second kappa shape index (κ2) is 5.54. The maximum atomic E-state index is 6.10. The minimum Gasteiger partial charge on any atom is -0.357 e. The molecule has 18 heavy (non-hydrogen) atoms. The number of aryl methyl sites for hydroxylation is 1. The first-order valence-corrected chi connectivity index (χ1v) is 6.50. The van der Waals surface area contributed by atoms with E-state index >= 15 is 0 Å². The van der Waals surface area contributed by atoms with Crippen molar-refractivity contribution in [1.29, 1.82) is 0 Å². The molecule has 0 amide bonds. The van der Waals surface area contributed by atoms with Gasteiger partial charge in [-0.25, -0.2) is 4.98 Å². The van der Waals surface area contributed by atoms with Gasteiger partial charge in [-0.1, -0.05) is 11.6 Å². The fourth-order valence-corrected chi connectivity index (χ4v) is 2.15. The van der Waals surface area contributed by atoms with Gasteiger partial charge >= 0.3 is 0 Å². The van der Waals surface area contributed by atoms with Crippen LogP contribution in [0.25, 0.3) is 0 Å². The molecular weight excluding hydrogens is 316 g/mol. The van der Waals surface area contributed by atoms with Gasteiger partial charge in [-0.3, -0.25) is 0 Å². The summed E-state index contributed by atoms with van der Waals surface area (Å²) in [5, 5.41) is 6.79. The third kappa shape index (κ3) is 2.91. The molecule has 0 aliphatic heterocycles. The molecule has 0 unspecified atom stereocenters. The first-order valence-electron chi connectivity index (χ1n) is 5.33. The molecule has 0 fully saturated rings. The number of hydrogen-bond donors (Lipinski definition) is 2. The van der Waals surface area contributed by atoms with Crippen molar-refractivity contribution in [3.8, 4) is 0 Å². The van der Waals surface area contributed by atoms with Crippen LogP contribution >= 0.6 is 27.5 Å². The lowest BCUT2D eigenvalue weighted by Gasteiger charge is -2.10. The molecule has 0 aliphatic carbocycles. The van der Waals surface area contributed by atoms with Crippen LogP contribution in [0, 0.1) is 6.92 Å². The van der Waals surface area contributed by atoms with Crippen molar-refractivity contribution in [2.45, 2.75) is 6.92 Å². The molecule has 0 saturated heterocycles. The number of nitrogens with zero attached hydrogens (tertiary/aromatic N) is 2. The van der Waals surface area contributed by atoms with E-state index in [1.54, 1.807) is 19.3 Å². The summed E-state index contributed by atoms with van der Waals surface area (Å²) in [6.07, 6.45) is 1.69. The van der Waals surface area contributed by atoms with Crippen molar-refractivity contribution in [1.82, 2.24) is 9.97 Å². The normalized spacial score (nSPS) is 10.2. The molecule has 2 rings (SSSR count). The quantitative estimate of drug-likeness (QED) is 0.895. The van der Waals surface area contributed by atoms with Crippen LogP contribution in [0.2, 0.25) is 5.02 Å². The van der Waals surface area contributed by atoms with Gasteiger partial charge in [0, 0.05) is 22.7 Å². The smallest absolute Gasteiger partial charge is 0.224 e. The molecule has 4 nitrogen and oxygen atoms in total. The van der Waals surface area contributed by atoms with Crippen molar-refractivity contribution in [3.05, 3.63) is 39.5 Å². The number of anilines is 3. The maximum absolute atomic E-state index is 6.10. The Bertz CT molecular complexity index is 574. The maximum Gasteiger partial charge on any atom is 0.224 e. The van der Waals surface area contributed by atoms with Crippen LogP contribution in [0.4, 0.5) is 17.5 Å². The van der Waals surface area contributed by atoms with E-state index < -0.39 is 0 Å². The van der Waals surface area contributed by atoms with Crippen molar-refractivity contribution in [2.24, 2.45) is 0 Å². The Kier molecular flexibility index (Phi) is 4.04. The molecule has 0 aliphatic rings. The number of halogens is 2. The minimum atomic E-state index is 0.564. The number of aromatic nitrogens is 2. The summed E-state index contributed by atoms with van der Waals surface area (Å²) in [4.78, 5) is 8.34. The fourth-order valence-electron chi connectivity index (χ4n) is 1.43. The topological polar surface area (TPSA) is 49.8 Å². The van der Waals surface area contributed by atoms with Crippen LogP contribution in [0.3, 0.4) is 0 Å². The second-order valence-electron chi connectivity index (χ2n) is 3.72. The van der Waals surface area contributed by atoms with Gasteiger partial charge in [-0.2, -0.15) is 4.98 Å². The lowest BCUT2D eigenvalue weighted by Crippen LogP contribution is -2.00. The van der Waals surface area contributed by atoms with Crippen LogP contribution in [0.15, 0.2) is 28.9 Å². The van der Waals surface area contributed by atoms with Gasteiger partial charge in [-0.15, -0.1) is 0 Å². The molecule has 0 radical (unpaired) electrons. The standard InChI is InChI=1S/C12H12BrClN4/c1-7-5-8(13)10(6-9(7)14)17-11-3-4-16-12(15-2)18-11/h3-6H,1-2H3,(H2,15,16,17,18). The largest absolute Gasteiger partial charge is 0.357 e. The molecule has 1 aromatic carbocycles. The summed E-state index contributed by atoms with van der Waals surface area (Å²) in [6.45, 7) is 1.96. The molecule has 2 aromatic rings. The van der Waals surface area contributed by atoms with Crippen molar-refractivity contribution >= 4 is 45.0 Å². The van der Waals surface area contributed by atoms with Gasteiger partial charge in [0.05, 0.1) is 5.69 Å². The summed E-state index contributed by atoms with van der Waals surface area (Å²) in [7, 11) is 1.78. The molecule has 6 heteroatoms. The van der Waals surface area contributed by atoms with Crippen LogP contribution in [0.1, 0.15) is 5.56 Å². The van der Waals surface area contributed by atoms with Crippen LogP contribution < -0.4 is 10.6 Å². The summed E-state index contributed by atoms with van der Waals surface area (Å²) in [5.74, 6) is 1.27. The Morgan fingerprint density at radius 2 is 2.11 bits per heavy atom. The zero-order valence-electron chi connectivity index (χ0n) is 9.96. The molecule has 2 N–H and O–H groups in total. The van der Waals surface area contributed by atoms with Crippen molar-refractivity contribution in [3.63, 3.8) is 0 Å². The summed E-state index contributed by atoms with van der Waals surface area (Å²) in [6, 6.07) is 5.62. The third-order valence-corrected chi connectivity index (χ3v) is 3.45. The van der Waals surface area contributed by atoms with E-state index in [1.807, 2.05) is 19.1 Å². The summed E-state index contributed by atoms with van der Waals surface area (Å²) in [5.41, 5.74) is 1.89.